The molecule has 0 saturated heterocycles. The third-order valence-corrected chi connectivity index (χ3v) is 6.11. The molecule has 0 radical (unpaired) electrons. The maximum atomic E-state index is 13.3. The van der Waals surface area contributed by atoms with Crippen LogP contribution in [-0.4, -0.2) is 36.3 Å². The van der Waals surface area contributed by atoms with E-state index in [0.29, 0.717) is 36.5 Å². The first-order chi connectivity index (χ1) is 14.7. The monoisotopic (exact) mass is 427 g/mol. The lowest BCUT2D eigenvalue weighted by molar-refractivity contribution is -0.146. The van der Waals surface area contributed by atoms with Crippen molar-refractivity contribution in [2.45, 2.75) is 65.7 Å². The second-order valence-electron chi connectivity index (χ2n) is 9.32. The molecule has 2 aliphatic rings. The molecule has 6 heteroatoms. The van der Waals surface area contributed by atoms with E-state index in [9.17, 15) is 14.7 Å². The number of benzene rings is 1. The smallest absolute Gasteiger partial charge is 0.315 e. The third-order valence-electron chi connectivity index (χ3n) is 6.11. The van der Waals surface area contributed by atoms with Gasteiger partial charge in [0.05, 0.1) is 13.7 Å². The van der Waals surface area contributed by atoms with Crippen LogP contribution >= 0.6 is 0 Å². The van der Waals surface area contributed by atoms with Crippen LogP contribution in [0.5, 0.6) is 11.5 Å². The van der Waals surface area contributed by atoms with E-state index in [1.54, 1.807) is 12.1 Å². The van der Waals surface area contributed by atoms with E-state index in [-0.39, 0.29) is 22.9 Å². The van der Waals surface area contributed by atoms with Gasteiger partial charge in [-0.15, -0.1) is 0 Å². The van der Waals surface area contributed by atoms with Crippen LogP contribution in [0.3, 0.4) is 0 Å². The summed E-state index contributed by atoms with van der Waals surface area (Å²) in [4.78, 5) is 31.2. The van der Waals surface area contributed by atoms with Crippen LogP contribution in [0.1, 0.15) is 71.3 Å². The average Bonchev–Trinajstić information content (AvgIpc) is 2.69. The van der Waals surface area contributed by atoms with Gasteiger partial charge in [-0.25, -0.2) is 0 Å². The standard InChI is InChI=1S/C25H33NO5/c1-6-7-8-11-31-24(29)21-15(2)26-17-13-25(3,4)14-19(28)23(17)22(21)16-9-10-18(27)20(12-16)30-5/h9-10,12,21-22,27H,6-8,11,13-14H2,1-5H3/t21?,22-/m1/s1. The third kappa shape index (κ3) is 4.83. The first-order valence-corrected chi connectivity index (χ1v) is 11.0. The Morgan fingerprint density at radius 3 is 2.68 bits per heavy atom. The van der Waals surface area contributed by atoms with Crippen molar-refractivity contribution in [3.8, 4) is 11.5 Å². The molecular formula is C25H33NO5. The van der Waals surface area contributed by atoms with Gasteiger partial charge in [-0.1, -0.05) is 39.7 Å². The van der Waals surface area contributed by atoms with Crippen LogP contribution in [-0.2, 0) is 14.3 Å². The van der Waals surface area contributed by atoms with Crippen LogP contribution in [0.25, 0.3) is 0 Å². The van der Waals surface area contributed by atoms with Crippen molar-refractivity contribution in [2.24, 2.45) is 16.3 Å². The summed E-state index contributed by atoms with van der Waals surface area (Å²) >= 11 is 0. The number of Topliss-reactive ketones (excluding diaryl/α,β-unsaturated/α-hetero) is 1. The lowest BCUT2D eigenvalue weighted by Gasteiger charge is -2.39. The number of allylic oxidation sites excluding steroid dienone is 2. The fraction of sp³-hybridized carbons (Fsp3) is 0.560. The Balaban J connectivity index is 2.06. The molecule has 2 atom stereocenters. The highest BCUT2D eigenvalue weighted by atomic mass is 16.5. The van der Waals surface area contributed by atoms with Crippen LogP contribution in [0.4, 0.5) is 0 Å². The minimum Gasteiger partial charge on any atom is -0.504 e. The summed E-state index contributed by atoms with van der Waals surface area (Å²) in [6, 6.07) is 4.99. The molecule has 1 N–H and O–H groups in total. The van der Waals surface area contributed by atoms with Crippen molar-refractivity contribution >= 4 is 17.5 Å². The predicted octanol–water partition coefficient (Wildman–Crippen LogP) is 4.95. The van der Waals surface area contributed by atoms with Gasteiger partial charge < -0.3 is 14.6 Å². The lowest BCUT2D eigenvalue weighted by atomic mass is 9.67. The minimum absolute atomic E-state index is 0.0106. The second kappa shape index (κ2) is 9.25. The number of hydrogen-bond acceptors (Lipinski definition) is 6. The number of aliphatic imine (C=N–C) groups is 1. The molecule has 31 heavy (non-hydrogen) atoms. The number of unbranched alkanes of at least 4 members (excludes halogenated alkanes) is 2. The molecule has 6 nitrogen and oxygen atoms in total. The van der Waals surface area contributed by atoms with Gasteiger partial charge >= 0.3 is 5.97 Å². The minimum atomic E-state index is -0.681. The number of methoxy groups -OCH3 is 1. The summed E-state index contributed by atoms with van der Waals surface area (Å²) < 4.78 is 10.9. The van der Waals surface area contributed by atoms with Gasteiger partial charge in [0.2, 0.25) is 0 Å². The van der Waals surface area contributed by atoms with Crippen molar-refractivity contribution < 1.29 is 24.2 Å². The normalized spacial score (nSPS) is 22.6. The van der Waals surface area contributed by atoms with Crippen LogP contribution in [0.15, 0.2) is 34.5 Å². The van der Waals surface area contributed by atoms with Gasteiger partial charge in [0.1, 0.15) is 5.92 Å². The molecule has 0 aromatic heterocycles. The summed E-state index contributed by atoms with van der Waals surface area (Å²) in [7, 11) is 1.48. The molecule has 0 spiro atoms. The van der Waals surface area contributed by atoms with E-state index in [0.717, 1.165) is 30.5 Å². The Bertz CT molecular complexity index is 928. The van der Waals surface area contributed by atoms with Crippen LogP contribution in [0.2, 0.25) is 0 Å². The molecule has 1 aliphatic carbocycles. The molecular weight excluding hydrogens is 394 g/mol. The van der Waals surface area contributed by atoms with Crippen molar-refractivity contribution in [1.82, 2.24) is 0 Å². The summed E-state index contributed by atoms with van der Waals surface area (Å²) in [6.45, 7) is 8.41. The number of rotatable bonds is 7. The molecule has 1 unspecified atom stereocenters. The lowest BCUT2D eigenvalue weighted by Crippen LogP contribution is -2.39. The highest BCUT2D eigenvalue weighted by molar-refractivity contribution is 6.09. The maximum absolute atomic E-state index is 13.3. The number of carbonyl (C=O) groups is 2. The van der Waals surface area contributed by atoms with Gasteiger partial charge in [-0.3, -0.25) is 14.6 Å². The Morgan fingerprint density at radius 2 is 2.00 bits per heavy atom. The van der Waals surface area contributed by atoms with E-state index >= 15 is 0 Å². The van der Waals surface area contributed by atoms with E-state index in [4.69, 9.17) is 14.5 Å². The van der Waals surface area contributed by atoms with Gasteiger partial charge in [0.15, 0.2) is 17.3 Å². The number of ether oxygens (including phenoxy) is 2. The number of aromatic hydroxyl groups is 1. The number of nitrogens with zero attached hydrogens (tertiary/aromatic N) is 1. The molecule has 1 aliphatic heterocycles. The fourth-order valence-corrected chi connectivity index (χ4v) is 4.61. The number of phenolic OH excluding ortho intramolecular Hbond substituents is 1. The van der Waals surface area contributed by atoms with E-state index in [1.807, 2.05) is 6.92 Å². The summed E-state index contributed by atoms with van der Waals surface area (Å²) in [5.41, 5.74) is 2.56. The highest BCUT2D eigenvalue weighted by Crippen LogP contribution is 2.48. The Morgan fingerprint density at radius 1 is 1.26 bits per heavy atom. The zero-order valence-corrected chi connectivity index (χ0v) is 19.2. The number of carbonyl (C=O) groups excluding carboxylic acids is 2. The van der Waals surface area contributed by atoms with Crippen molar-refractivity contribution in [3.63, 3.8) is 0 Å². The predicted molar refractivity (Wildman–Crippen MR) is 120 cm³/mol. The SMILES string of the molecule is CCCCCOC(=O)C1C(C)=NC2=C(C(=O)CC(C)(C)C2)[C@@H]1c1ccc(O)c(OC)c1. The number of esters is 1. The summed E-state index contributed by atoms with van der Waals surface area (Å²) in [6.07, 6.45) is 3.92. The number of ketones is 1. The molecule has 0 bridgehead atoms. The quantitative estimate of drug-likeness (QED) is 0.491. The molecule has 1 aromatic carbocycles. The maximum Gasteiger partial charge on any atom is 0.315 e. The first kappa shape index (κ1) is 23.0. The zero-order chi connectivity index (χ0) is 22.8. The zero-order valence-electron chi connectivity index (χ0n) is 19.2. The van der Waals surface area contributed by atoms with E-state index in [2.05, 4.69) is 20.8 Å². The van der Waals surface area contributed by atoms with E-state index < -0.39 is 11.8 Å². The van der Waals surface area contributed by atoms with E-state index in [1.165, 1.54) is 13.2 Å². The molecule has 3 rings (SSSR count). The first-order valence-electron chi connectivity index (χ1n) is 11.0. The number of hydrogen-bond donors (Lipinski definition) is 1. The van der Waals surface area contributed by atoms with Crippen molar-refractivity contribution in [2.75, 3.05) is 13.7 Å². The highest BCUT2D eigenvalue weighted by Gasteiger charge is 2.46. The molecule has 0 fully saturated rings. The summed E-state index contributed by atoms with van der Waals surface area (Å²) in [5, 5.41) is 10.1. The van der Waals surface area contributed by atoms with Crippen LogP contribution < -0.4 is 4.74 Å². The Hall–Kier alpha value is -2.63. The Labute approximate surface area is 184 Å². The van der Waals surface area contributed by atoms with Gasteiger partial charge in [0.25, 0.3) is 0 Å². The second-order valence-corrected chi connectivity index (χ2v) is 9.32. The molecule has 168 valence electrons. The van der Waals surface area contributed by atoms with Crippen molar-refractivity contribution in [3.05, 3.63) is 35.0 Å². The average molecular weight is 428 g/mol. The van der Waals surface area contributed by atoms with Gasteiger partial charge in [0, 0.05) is 29.3 Å². The molecule has 0 amide bonds. The largest absolute Gasteiger partial charge is 0.504 e. The van der Waals surface area contributed by atoms with Crippen LogP contribution in [0, 0.1) is 11.3 Å². The van der Waals surface area contributed by atoms with Gasteiger partial charge in [-0.2, -0.15) is 0 Å². The summed E-state index contributed by atoms with van der Waals surface area (Å²) in [5.74, 6) is -1.22. The molecule has 1 aromatic rings. The topological polar surface area (TPSA) is 85.2 Å². The number of phenols is 1. The fourth-order valence-electron chi connectivity index (χ4n) is 4.61. The van der Waals surface area contributed by atoms with Crippen molar-refractivity contribution in [1.29, 1.82) is 0 Å². The molecule has 1 heterocycles. The molecule has 0 saturated carbocycles. The van der Waals surface area contributed by atoms with Gasteiger partial charge in [-0.05, 0) is 42.9 Å². The Kier molecular flexibility index (Phi) is 6.87.